The zero-order chi connectivity index (χ0) is 11.6. The Labute approximate surface area is 118 Å². The molecule has 1 heterocycles. The Morgan fingerprint density at radius 2 is 2.25 bits per heavy atom. The molecule has 4 heteroatoms. The van der Waals surface area contributed by atoms with E-state index in [1.807, 2.05) is 0 Å². The molecule has 0 saturated heterocycles. The van der Waals surface area contributed by atoms with Gasteiger partial charge in [-0.1, -0.05) is 22.4 Å². The van der Waals surface area contributed by atoms with Crippen molar-refractivity contribution in [1.29, 1.82) is 0 Å². The quantitative estimate of drug-likeness (QED) is 0.693. The van der Waals surface area contributed by atoms with E-state index < -0.39 is 0 Å². The lowest BCUT2D eigenvalue weighted by molar-refractivity contribution is 0.102. The first kappa shape index (κ1) is 13.1. The first-order valence-electron chi connectivity index (χ1n) is 5.61. The summed E-state index contributed by atoms with van der Waals surface area (Å²) in [4.78, 5) is 2.45. The molecular weight excluding hydrogens is 350 g/mol. The van der Waals surface area contributed by atoms with Crippen LogP contribution in [0, 0.1) is 5.41 Å². The molecule has 1 saturated carbocycles. The minimum absolute atomic E-state index is 0.558. The van der Waals surface area contributed by atoms with Gasteiger partial charge in [0.1, 0.15) is 0 Å². The molecule has 1 aliphatic carbocycles. The van der Waals surface area contributed by atoms with Crippen LogP contribution in [0.5, 0.6) is 0 Å². The Hall–Kier alpha value is 0.620. The Bertz CT molecular complexity index is 341. The van der Waals surface area contributed by atoms with Crippen molar-refractivity contribution in [3.05, 3.63) is 20.8 Å². The predicted molar refractivity (Wildman–Crippen MR) is 78.4 cm³/mol. The lowest BCUT2D eigenvalue weighted by atomic mass is 9.70. The number of nitrogens with zero attached hydrogens (tertiary/aromatic N) is 1. The molecule has 1 aromatic heterocycles. The van der Waals surface area contributed by atoms with Crippen molar-refractivity contribution in [2.45, 2.75) is 25.8 Å². The summed E-state index contributed by atoms with van der Waals surface area (Å²) < 4.78 is 1.23. The van der Waals surface area contributed by atoms with Crippen LogP contribution in [0.2, 0.25) is 0 Å². The van der Waals surface area contributed by atoms with Gasteiger partial charge in [-0.15, -0.1) is 11.3 Å². The van der Waals surface area contributed by atoms with Crippen LogP contribution < -0.4 is 0 Å². The molecule has 0 spiro atoms. The van der Waals surface area contributed by atoms with Crippen molar-refractivity contribution in [3.8, 4) is 0 Å². The highest BCUT2D eigenvalue weighted by Gasteiger charge is 2.36. The number of alkyl halides is 1. The number of thiophene rings is 1. The summed E-state index contributed by atoms with van der Waals surface area (Å²) in [7, 11) is 2.23. The van der Waals surface area contributed by atoms with Gasteiger partial charge >= 0.3 is 0 Å². The standard InChI is InChI=1S/C12H17Br2NS/c1-15(6-10-5-11(14)16-7-10)9-12(8-13)3-2-4-12/h5,7H,2-4,6,8-9H2,1H3. The van der Waals surface area contributed by atoms with Gasteiger partial charge in [-0.2, -0.15) is 0 Å². The molecule has 1 aromatic rings. The fraction of sp³-hybridized carbons (Fsp3) is 0.667. The molecule has 90 valence electrons. The molecule has 0 aromatic carbocycles. The zero-order valence-electron chi connectivity index (χ0n) is 9.51. The Kier molecular flexibility index (Phi) is 4.50. The molecule has 0 atom stereocenters. The van der Waals surface area contributed by atoms with E-state index in [2.05, 4.69) is 55.3 Å². The van der Waals surface area contributed by atoms with Gasteiger partial charge in [-0.3, -0.25) is 0 Å². The van der Waals surface area contributed by atoms with E-state index in [9.17, 15) is 0 Å². The number of hydrogen-bond acceptors (Lipinski definition) is 2. The third kappa shape index (κ3) is 3.09. The van der Waals surface area contributed by atoms with Crippen LogP contribution in [-0.4, -0.2) is 23.8 Å². The maximum Gasteiger partial charge on any atom is 0.0701 e. The third-order valence-corrected chi connectivity index (χ3v) is 6.12. The molecular formula is C12H17Br2NS. The fourth-order valence-electron chi connectivity index (χ4n) is 2.38. The van der Waals surface area contributed by atoms with Gasteiger partial charge in [-0.25, -0.2) is 0 Å². The molecule has 16 heavy (non-hydrogen) atoms. The van der Waals surface area contributed by atoms with Crippen molar-refractivity contribution in [2.24, 2.45) is 5.41 Å². The minimum atomic E-state index is 0.558. The lowest BCUT2D eigenvalue weighted by Gasteiger charge is -2.43. The number of rotatable bonds is 5. The molecule has 0 bridgehead atoms. The smallest absolute Gasteiger partial charge is 0.0701 e. The third-order valence-electron chi connectivity index (χ3n) is 3.38. The summed E-state index contributed by atoms with van der Waals surface area (Å²) in [6.45, 7) is 2.28. The summed E-state index contributed by atoms with van der Waals surface area (Å²) in [5.74, 6) is 0. The van der Waals surface area contributed by atoms with Crippen LogP contribution in [0.15, 0.2) is 15.2 Å². The zero-order valence-corrected chi connectivity index (χ0v) is 13.5. The maximum absolute atomic E-state index is 3.67. The van der Waals surface area contributed by atoms with Crippen LogP contribution in [0.25, 0.3) is 0 Å². The Morgan fingerprint density at radius 3 is 2.69 bits per heavy atom. The van der Waals surface area contributed by atoms with Crippen LogP contribution in [-0.2, 0) is 6.54 Å². The average molecular weight is 367 g/mol. The van der Waals surface area contributed by atoms with Gasteiger partial charge in [0.2, 0.25) is 0 Å². The molecule has 0 N–H and O–H groups in total. The second-order valence-electron chi connectivity index (χ2n) is 4.92. The second kappa shape index (κ2) is 5.51. The highest BCUT2D eigenvalue weighted by atomic mass is 79.9. The van der Waals surface area contributed by atoms with E-state index in [1.54, 1.807) is 11.3 Å². The first-order valence-corrected chi connectivity index (χ1v) is 8.40. The predicted octanol–water partition coefficient (Wildman–Crippen LogP) is 4.51. The van der Waals surface area contributed by atoms with Crippen molar-refractivity contribution >= 4 is 43.2 Å². The summed E-state index contributed by atoms with van der Waals surface area (Å²) in [5.41, 5.74) is 1.98. The van der Waals surface area contributed by atoms with Crippen LogP contribution in [0.1, 0.15) is 24.8 Å². The summed E-state index contributed by atoms with van der Waals surface area (Å²) in [6.07, 6.45) is 4.18. The molecule has 0 amide bonds. The summed E-state index contributed by atoms with van der Waals surface area (Å²) in [5, 5.41) is 3.39. The molecule has 1 aliphatic rings. The van der Waals surface area contributed by atoms with Crippen LogP contribution >= 0.6 is 43.2 Å². The summed E-state index contributed by atoms with van der Waals surface area (Å²) in [6, 6.07) is 2.22. The van der Waals surface area contributed by atoms with Gasteiger partial charge in [0, 0.05) is 18.4 Å². The molecule has 1 fully saturated rings. The van der Waals surface area contributed by atoms with Gasteiger partial charge in [-0.05, 0) is 58.2 Å². The molecule has 0 unspecified atom stereocenters. The van der Waals surface area contributed by atoms with Crippen LogP contribution in [0.4, 0.5) is 0 Å². The van der Waals surface area contributed by atoms with Gasteiger partial charge in [0.25, 0.3) is 0 Å². The normalized spacial score (nSPS) is 18.8. The Balaban J connectivity index is 1.86. The number of hydrogen-bond donors (Lipinski definition) is 0. The van der Waals surface area contributed by atoms with E-state index in [0.29, 0.717) is 5.41 Å². The van der Waals surface area contributed by atoms with Crippen molar-refractivity contribution in [2.75, 3.05) is 18.9 Å². The van der Waals surface area contributed by atoms with E-state index in [-0.39, 0.29) is 0 Å². The highest BCUT2D eigenvalue weighted by molar-refractivity contribution is 9.11. The van der Waals surface area contributed by atoms with Crippen LogP contribution in [0.3, 0.4) is 0 Å². The van der Waals surface area contributed by atoms with Crippen molar-refractivity contribution in [3.63, 3.8) is 0 Å². The average Bonchev–Trinajstić information content (AvgIpc) is 2.57. The van der Waals surface area contributed by atoms with E-state index >= 15 is 0 Å². The molecule has 2 rings (SSSR count). The first-order chi connectivity index (χ1) is 7.63. The van der Waals surface area contributed by atoms with Gasteiger partial charge in [0.05, 0.1) is 3.79 Å². The molecule has 0 aliphatic heterocycles. The number of halogens is 2. The van der Waals surface area contributed by atoms with Crippen molar-refractivity contribution in [1.82, 2.24) is 4.90 Å². The minimum Gasteiger partial charge on any atom is -0.302 e. The van der Waals surface area contributed by atoms with E-state index in [1.165, 1.54) is 35.2 Å². The summed E-state index contributed by atoms with van der Waals surface area (Å²) >= 11 is 8.95. The maximum atomic E-state index is 3.67. The molecule has 1 nitrogen and oxygen atoms in total. The lowest BCUT2D eigenvalue weighted by Crippen LogP contribution is -2.41. The van der Waals surface area contributed by atoms with E-state index in [0.717, 1.165) is 11.9 Å². The SMILES string of the molecule is CN(Cc1csc(Br)c1)CC1(CBr)CCC1. The monoisotopic (exact) mass is 365 g/mol. The Morgan fingerprint density at radius 1 is 1.50 bits per heavy atom. The van der Waals surface area contributed by atoms with Gasteiger partial charge in [0.15, 0.2) is 0 Å². The largest absolute Gasteiger partial charge is 0.302 e. The van der Waals surface area contributed by atoms with Gasteiger partial charge < -0.3 is 4.90 Å². The molecule has 0 radical (unpaired) electrons. The van der Waals surface area contributed by atoms with E-state index in [4.69, 9.17) is 0 Å². The highest BCUT2D eigenvalue weighted by Crippen LogP contribution is 2.43. The second-order valence-corrected chi connectivity index (χ2v) is 7.77. The van der Waals surface area contributed by atoms with Crippen molar-refractivity contribution < 1.29 is 0 Å². The topological polar surface area (TPSA) is 3.24 Å². The fourth-order valence-corrected chi connectivity index (χ4v) is 4.32.